The van der Waals surface area contributed by atoms with Gasteiger partial charge in [-0.3, -0.25) is 108 Å². The number of nitrogens with one attached hydrogen (secondary N) is 6. The first-order valence-electron chi connectivity index (χ1n) is 50.6. The quantitative estimate of drug-likeness (QED) is 0.0110. The van der Waals surface area contributed by atoms with Gasteiger partial charge in [-0.2, -0.15) is 10.1 Å². The molecule has 15 N–H and O–H groups in total. The maximum atomic E-state index is 13.4. The molecular formula is C102H151N17O27. The van der Waals surface area contributed by atoms with E-state index in [2.05, 4.69) is 55.8 Å². The molecule has 6 amide bonds. The molecule has 12 heterocycles. The molecule has 12 aliphatic rings. The van der Waals surface area contributed by atoms with Crippen molar-refractivity contribution >= 4 is 100 Å². The van der Waals surface area contributed by atoms with Crippen molar-refractivity contribution in [3.8, 4) is 0 Å². The average molecular weight is 2050 g/mol. The van der Waals surface area contributed by atoms with Crippen molar-refractivity contribution in [2.75, 3.05) is 134 Å². The molecule has 44 nitrogen and oxygen atoms in total. The number of rotatable bonds is 37. The van der Waals surface area contributed by atoms with Gasteiger partial charge in [-0.05, 0) is 158 Å². The number of guanidine groups is 1. The Balaban J connectivity index is 0.000000181. The molecule has 12 aliphatic heterocycles. The van der Waals surface area contributed by atoms with Crippen molar-refractivity contribution in [2.24, 2.45) is 63.6 Å². The summed E-state index contributed by atoms with van der Waals surface area (Å²) in [4.78, 5) is 218. The number of amides is 6. The van der Waals surface area contributed by atoms with Crippen LogP contribution in [-0.2, 0) is 135 Å². The fourth-order valence-electron chi connectivity index (χ4n) is 21.4. The number of hydrogen-bond acceptors (Lipinski definition) is 36. The Kier molecular flexibility index (Phi) is 45.3. The number of esters is 6. The second kappa shape index (κ2) is 56.8. The molecule has 12 saturated heterocycles. The second-order valence-corrected chi connectivity index (χ2v) is 40.0. The van der Waals surface area contributed by atoms with E-state index in [0.29, 0.717) is 90.2 Å². The van der Waals surface area contributed by atoms with E-state index in [1.54, 1.807) is 36.6 Å². The highest BCUT2D eigenvalue weighted by molar-refractivity contribution is 5.97. The van der Waals surface area contributed by atoms with Gasteiger partial charge < -0.3 is 96.1 Å². The van der Waals surface area contributed by atoms with Gasteiger partial charge in [-0.1, -0.05) is 105 Å². The van der Waals surface area contributed by atoms with Crippen molar-refractivity contribution < 1.29 is 130 Å². The summed E-state index contributed by atoms with van der Waals surface area (Å²) >= 11 is 0. The monoisotopic (exact) mass is 2050 g/mol. The number of piperidine rings is 5. The molecule has 44 heteroatoms. The number of aliphatic hydroxyl groups is 3. The minimum atomic E-state index is -0.752. The summed E-state index contributed by atoms with van der Waals surface area (Å²) in [6.07, 6.45) is 12.3. The van der Waals surface area contributed by atoms with Crippen molar-refractivity contribution in [3.05, 3.63) is 108 Å². The number of nitrogens with two attached hydrogens (primary N) is 3. The summed E-state index contributed by atoms with van der Waals surface area (Å²) in [6.45, 7) is 12.0. The van der Waals surface area contributed by atoms with Gasteiger partial charge in [-0.15, -0.1) is 0 Å². The Hall–Kier alpha value is -11.3. The fourth-order valence-corrected chi connectivity index (χ4v) is 21.4. The lowest BCUT2D eigenvalue weighted by Crippen LogP contribution is -2.60. The number of carbonyl (C=O) groups excluding carboxylic acids is 16. The molecule has 21 atom stereocenters. The summed E-state index contributed by atoms with van der Waals surface area (Å²) in [5.74, 6) is -3.68. The lowest BCUT2D eigenvalue weighted by atomic mass is 9.83. The van der Waals surface area contributed by atoms with Gasteiger partial charge in [0.2, 0.25) is 35.4 Å². The Morgan fingerprint density at radius 3 is 1.14 bits per heavy atom. The zero-order valence-electron chi connectivity index (χ0n) is 85.5. The normalized spacial score (nSPS) is 27.5. The topological polar surface area (TPSA) is 593 Å². The van der Waals surface area contributed by atoms with E-state index >= 15 is 0 Å². The first-order valence-corrected chi connectivity index (χ1v) is 50.6. The van der Waals surface area contributed by atoms with E-state index in [4.69, 9.17) is 36.3 Å². The smallest absolute Gasteiger partial charge is 0.329 e. The minimum Gasteiger partial charge on any atom is -0.468 e. The standard InChI is InChI=1S/C21H27N3O5.C21H28N2O5.C21H28N2O4.C15H24N2O5.C14H23N3O5.C10H21N5O3/c1-28-19(26)11-22-10-18(25)17-8-7-16-9-15-13-29-23(20(15)21(27)24(16)17)12-14-5-3-2-4-6-14;1-14-16(12-24)9-17-7-8-18(23(17)21(14)27)19(25)10-22-11-20(26)28-13-15-5-3-2-4-6-15;1-21(2,3)27-20(25)17-10-9-16-11-15-13-26-22(18(15)19(24)23(16)17)12-14-7-5-4-6-8-14;1-9-10(8-18)5-11-3-4-12(17(11)15(9)21)13(19)6-16-7-14(20)22-2;1-22-12(20)6-16-5-11(19)10-3-2-9-4-8(7-18)13(15)14(21)17(9)10;1-13-10(12)14-5-3-4-7(11)9(17)15-6-8(16)18-2/h2-6,15-17,20,22H,7-13H2,1H3;2-6,14,16-18,22,24H,7-13H2,1H3;4-8,15-18H,9-13H2,1-3H3;9-12,16,18H,3-8H2,1-2H3;8-10,13,16,18H,2-7,15H2,1H3;7H,3-6,11H2,1-2H3,(H,15,17)(H3,12,13,14)/t15-,16?,17-,20?;14?,16-,17?,18-;15-,16?,17-,18?;9?,10-,11?,12-;8-,9?,10-,13?;7-/m000001/s1. The third-order valence-corrected chi connectivity index (χ3v) is 29.2. The number of nitrogens with zero attached hydrogens (tertiary/aromatic N) is 8. The van der Waals surface area contributed by atoms with E-state index < -0.39 is 77.7 Å². The van der Waals surface area contributed by atoms with Crippen LogP contribution in [0.3, 0.4) is 0 Å². The van der Waals surface area contributed by atoms with E-state index in [-0.39, 0.29) is 234 Å². The van der Waals surface area contributed by atoms with Gasteiger partial charge in [0, 0.05) is 106 Å². The van der Waals surface area contributed by atoms with Gasteiger partial charge in [0.25, 0.3) is 0 Å². The van der Waals surface area contributed by atoms with Crippen LogP contribution in [-0.4, -0.2) is 374 Å². The molecule has 806 valence electrons. The zero-order valence-corrected chi connectivity index (χ0v) is 85.5. The first-order chi connectivity index (χ1) is 69.9. The first kappa shape index (κ1) is 117. The number of benzene rings is 3. The molecule has 0 spiro atoms. The Morgan fingerprint density at radius 1 is 0.438 bits per heavy atom. The number of methoxy groups -OCH3 is 4. The summed E-state index contributed by atoms with van der Waals surface area (Å²) in [7, 11) is 6.70. The molecule has 3 aromatic rings. The molecule has 0 radical (unpaired) electrons. The molecule has 146 heavy (non-hydrogen) atoms. The maximum absolute atomic E-state index is 13.4. The molecule has 3 aromatic carbocycles. The van der Waals surface area contributed by atoms with E-state index in [9.17, 15) is 92.0 Å². The largest absolute Gasteiger partial charge is 0.468 e. The summed E-state index contributed by atoms with van der Waals surface area (Å²) < 4.78 is 28.7. The highest BCUT2D eigenvalue weighted by atomic mass is 16.7. The molecular weight excluding hydrogens is 1900 g/mol. The van der Waals surface area contributed by atoms with E-state index in [1.165, 1.54) is 28.4 Å². The molecule has 0 saturated carbocycles. The fraction of sp³-hybridized carbons (Fsp3) is 0.657. The predicted octanol–water partition coefficient (Wildman–Crippen LogP) is -0.806. The molecule has 0 aliphatic carbocycles. The van der Waals surface area contributed by atoms with E-state index in [0.717, 1.165) is 74.5 Å². The number of ether oxygens (including phenoxy) is 6. The van der Waals surface area contributed by atoms with Gasteiger partial charge >= 0.3 is 35.8 Å². The van der Waals surface area contributed by atoms with Gasteiger partial charge in [0.05, 0.1) is 130 Å². The van der Waals surface area contributed by atoms with Crippen LogP contribution in [0.2, 0.25) is 0 Å². The third-order valence-electron chi connectivity index (χ3n) is 29.2. The zero-order chi connectivity index (χ0) is 106. The van der Waals surface area contributed by atoms with Crippen LogP contribution in [0, 0.1) is 41.4 Å². The van der Waals surface area contributed by atoms with Crippen LogP contribution in [0.1, 0.15) is 160 Å². The SMILES string of the molecule is CC(C)(C)OC(=O)[C@@H]1CCC2C[C@H]3CON(Cc4ccccc4)C3C(=O)N21.CC1C(=O)N2C(CC[C@H]2C(=O)CNCC(=O)OCc2ccccc2)C[C@H]1CO.CN=C(N)NCCC[C@@H](N)C(=O)NCC(=O)OC.COC(=O)CNCC(=O)[C@@H]1CCC2C[C@@H](CO)C(C)C(=O)N21.COC(=O)CNCC(=O)[C@@H]1CCC2C[C@@H](CO)C(N)C(=O)N21.COC(=O)CNCC(=O)[C@@H]1CCC2C[C@H]3CON(Cc4ccccc4)C3C(=O)N21. The lowest BCUT2D eigenvalue weighted by Gasteiger charge is -2.40. The maximum Gasteiger partial charge on any atom is 0.329 e. The van der Waals surface area contributed by atoms with Crippen LogP contribution in [0.4, 0.5) is 0 Å². The summed E-state index contributed by atoms with van der Waals surface area (Å²) in [5.41, 5.74) is 19.5. The molecule has 12 fully saturated rings. The van der Waals surface area contributed by atoms with Crippen molar-refractivity contribution in [1.82, 2.24) is 66.5 Å². The number of aliphatic imine (C=N–C) groups is 1. The number of aliphatic hydroxyl groups excluding tert-OH is 3. The Bertz CT molecular complexity index is 4850. The van der Waals surface area contributed by atoms with Crippen LogP contribution >= 0.6 is 0 Å². The number of ketones is 4. The van der Waals surface area contributed by atoms with Crippen LogP contribution in [0.15, 0.2) is 96.0 Å². The van der Waals surface area contributed by atoms with Gasteiger partial charge in [-0.25, -0.2) is 4.79 Å². The minimum absolute atomic E-state index is 0.00249. The number of hydroxylamine groups is 4. The van der Waals surface area contributed by atoms with Crippen LogP contribution in [0.5, 0.6) is 0 Å². The Morgan fingerprint density at radius 2 is 0.774 bits per heavy atom. The molecule has 10 unspecified atom stereocenters. The molecule has 15 rings (SSSR count). The highest BCUT2D eigenvalue weighted by Gasteiger charge is 2.58. The second-order valence-electron chi connectivity index (χ2n) is 40.0. The number of Topliss-reactive ketones (excluding diaryl/α,β-unsaturated/α-hetero) is 4. The molecule has 0 bridgehead atoms. The molecule has 0 aromatic heterocycles. The van der Waals surface area contributed by atoms with Crippen LogP contribution < -0.4 is 49.1 Å². The van der Waals surface area contributed by atoms with Gasteiger partial charge in [0.15, 0.2) is 29.1 Å². The summed E-state index contributed by atoms with van der Waals surface area (Å²) in [5, 5.41) is 48.1. The number of hydrogen-bond donors (Lipinski definition) is 12. The third kappa shape index (κ3) is 31.7. The average Bonchev–Trinajstić information content (AvgIpc) is 1.60. The lowest BCUT2D eigenvalue weighted by molar-refractivity contribution is -0.176. The number of fused-ring (bicyclic) bond motifs is 7. The summed E-state index contributed by atoms with van der Waals surface area (Å²) in [6, 6.07) is 25.3. The number of carbonyl (C=O) groups is 16. The van der Waals surface area contributed by atoms with Crippen LogP contribution in [0.25, 0.3) is 0 Å². The van der Waals surface area contributed by atoms with Crippen molar-refractivity contribution in [1.29, 1.82) is 0 Å². The van der Waals surface area contributed by atoms with Gasteiger partial charge in [0.1, 0.15) is 36.9 Å². The Labute approximate surface area is 851 Å². The van der Waals surface area contributed by atoms with E-state index in [1.807, 2.05) is 131 Å². The predicted molar refractivity (Wildman–Crippen MR) is 527 cm³/mol. The highest BCUT2D eigenvalue weighted by Crippen LogP contribution is 2.45. The van der Waals surface area contributed by atoms with Crippen molar-refractivity contribution in [3.63, 3.8) is 0 Å². The van der Waals surface area contributed by atoms with Crippen molar-refractivity contribution in [2.45, 2.75) is 254 Å².